The molecule has 4 heteroatoms. The minimum Gasteiger partial charge on any atom is -0.354 e. The monoisotopic (exact) mass is 332 g/mol. The van der Waals surface area contributed by atoms with Crippen molar-refractivity contribution in [2.75, 3.05) is 17.2 Å². The van der Waals surface area contributed by atoms with Gasteiger partial charge < -0.3 is 10.6 Å². The van der Waals surface area contributed by atoms with E-state index >= 15 is 0 Å². The molecule has 0 amide bonds. The third kappa shape index (κ3) is 3.90. The van der Waals surface area contributed by atoms with Crippen molar-refractivity contribution in [3.8, 4) is 0 Å². The van der Waals surface area contributed by atoms with E-state index in [4.69, 9.17) is 9.97 Å². The Morgan fingerprint density at radius 2 is 1.60 bits per heavy atom. The van der Waals surface area contributed by atoms with Crippen LogP contribution in [0.4, 0.5) is 17.5 Å². The largest absolute Gasteiger partial charge is 0.354 e. The number of nitrogens with one attached hydrogen (secondary N) is 2. The van der Waals surface area contributed by atoms with Gasteiger partial charge in [-0.2, -0.15) is 4.98 Å². The highest BCUT2D eigenvalue weighted by atomic mass is 15.1. The van der Waals surface area contributed by atoms with Crippen LogP contribution in [0.2, 0.25) is 0 Å². The van der Waals surface area contributed by atoms with E-state index < -0.39 is 0 Å². The van der Waals surface area contributed by atoms with Crippen LogP contribution in [0, 0.1) is 5.92 Å². The molecule has 4 nitrogen and oxygen atoms in total. The smallest absolute Gasteiger partial charge is 0.225 e. The molecule has 25 heavy (non-hydrogen) atoms. The normalized spacial score (nSPS) is 15.2. The molecule has 0 radical (unpaired) electrons. The van der Waals surface area contributed by atoms with E-state index in [2.05, 4.69) is 16.7 Å². The van der Waals surface area contributed by atoms with E-state index in [9.17, 15) is 0 Å². The van der Waals surface area contributed by atoms with Crippen molar-refractivity contribution in [3.63, 3.8) is 0 Å². The van der Waals surface area contributed by atoms with Gasteiger partial charge in [-0.25, -0.2) is 4.98 Å². The van der Waals surface area contributed by atoms with Gasteiger partial charge in [0.25, 0.3) is 0 Å². The maximum Gasteiger partial charge on any atom is 0.225 e. The van der Waals surface area contributed by atoms with Gasteiger partial charge in [0, 0.05) is 17.6 Å². The first-order chi connectivity index (χ1) is 12.4. The maximum absolute atomic E-state index is 4.75. The molecule has 2 N–H and O–H groups in total. The minimum absolute atomic E-state index is 0.711. The number of hydrogen-bond acceptors (Lipinski definition) is 4. The van der Waals surface area contributed by atoms with Crippen molar-refractivity contribution in [3.05, 3.63) is 54.6 Å². The summed E-state index contributed by atoms with van der Waals surface area (Å²) in [5.74, 6) is 2.31. The van der Waals surface area contributed by atoms with Gasteiger partial charge in [0.2, 0.25) is 5.95 Å². The fourth-order valence-corrected chi connectivity index (χ4v) is 3.54. The SMILES string of the molecule is c1ccc(Nc2nc(NCC3CCCCC3)nc3ccccc23)cc1. The first-order valence-corrected chi connectivity index (χ1v) is 9.21. The molecule has 4 rings (SSSR count). The third-order valence-electron chi connectivity index (χ3n) is 4.91. The standard InChI is InChI=1S/C21H24N4/c1-3-9-16(10-4-1)15-22-21-24-19-14-8-7-13-18(19)20(25-21)23-17-11-5-2-6-12-17/h2,5-8,11-14,16H,1,3-4,9-10,15H2,(H2,22,23,24,25). The van der Waals surface area contributed by atoms with Gasteiger partial charge in [-0.3, -0.25) is 0 Å². The second-order valence-corrected chi connectivity index (χ2v) is 6.79. The summed E-state index contributed by atoms with van der Waals surface area (Å²) in [6.45, 7) is 0.961. The van der Waals surface area contributed by atoms with Crippen LogP contribution in [-0.2, 0) is 0 Å². The summed E-state index contributed by atoms with van der Waals surface area (Å²) in [6, 6.07) is 18.3. The van der Waals surface area contributed by atoms with Crippen molar-refractivity contribution in [2.24, 2.45) is 5.92 Å². The molecule has 0 atom stereocenters. The summed E-state index contributed by atoms with van der Waals surface area (Å²) in [6.07, 6.45) is 6.72. The van der Waals surface area contributed by atoms with Crippen molar-refractivity contribution < 1.29 is 0 Å². The molecule has 0 saturated heterocycles. The molecule has 1 aliphatic rings. The number of rotatable bonds is 5. The zero-order valence-electron chi connectivity index (χ0n) is 14.4. The third-order valence-corrected chi connectivity index (χ3v) is 4.91. The number of fused-ring (bicyclic) bond motifs is 1. The summed E-state index contributed by atoms with van der Waals surface area (Å²) >= 11 is 0. The molecular formula is C21H24N4. The highest BCUT2D eigenvalue weighted by molar-refractivity contribution is 5.91. The summed E-state index contributed by atoms with van der Waals surface area (Å²) in [7, 11) is 0. The van der Waals surface area contributed by atoms with E-state index in [0.29, 0.717) is 5.95 Å². The van der Waals surface area contributed by atoms with E-state index in [-0.39, 0.29) is 0 Å². The van der Waals surface area contributed by atoms with Crippen molar-refractivity contribution in [2.45, 2.75) is 32.1 Å². The predicted molar refractivity (Wildman–Crippen MR) is 104 cm³/mol. The lowest BCUT2D eigenvalue weighted by atomic mass is 9.89. The van der Waals surface area contributed by atoms with Crippen molar-refractivity contribution in [1.82, 2.24) is 9.97 Å². The van der Waals surface area contributed by atoms with Crippen LogP contribution >= 0.6 is 0 Å². The molecule has 0 bridgehead atoms. The quantitative estimate of drug-likeness (QED) is 0.660. The van der Waals surface area contributed by atoms with Crippen LogP contribution in [0.25, 0.3) is 10.9 Å². The van der Waals surface area contributed by atoms with E-state index in [1.807, 2.05) is 48.5 Å². The Morgan fingerprint density at radius 1 is 0.840 bits per heavy atom. The van der Waals surface area contributed by atoms with Crippen LogP contribution in [0.5, 0.6) is 0 Å². The Labute approximate surface area is 148 Å². The summed E-state index contributed by atoms with van der Waals surface area (Å²) < 4.78 is 0. The average Bonchev–Trinajstić information content (AvgIpc) is 2.68. The Hall–Kier alpha value is -2.62. The highest BCUT2D eigenvalue weighted by Gasteiger charge is 2.14. The first-order valence-electron chi connectivity index (χ1n) is 9.21. The molecule has 3 aromatic rings. The van der Waals surface area contributed by atoms with Gasteiger partial charge in [0.05, 0.1) is 5.52 Å². The highest BCUT2D eigenvalue weighted by Crippen LogP contribution is 2.26. The second-order valence-electron chi connectivity index (χ2n) is 6.79. The average molecular weight is 332 g/mol. The molecule has 1 heterocycles. The van der Waals surface area contributed by atoms with Gasteiger partial charge in [-0.1, -0.05) is 49.6 Å². The molecule has 1 saturated carbocycles. The fourth-order valence-electron chi connectivity index (χ4n) is 3.54. The Morgan fingerprint density at radius 3 is 2.44 bits per heavy atom. The summed E-state index contributed by atoms with van der Waals surface area (Å²) in [5.41, 5.74) is 1.99. The minimum atomic E-state index is 0.711. The van der Waals surface area contributed by atoms with Crippen LogP contribution in [0.3, 0.4) is 0 Å². The number of para-hydroxylation sites is 2. The van der Waals surface area contributed by atoms with Crippen LogP contribution in [-0.4, -0.2) is 16.5 Å². The summed E-state index contributed by atoms with van der Waals surface area (Å²) in [4.78, 5) is 9.45. The lowest BCUT2D eigenvalue weighted by molar-refractivity contribution is 0.373. The van der Waals surface area contributed by atoms with Gasteiger partial charge in [-0.05, 0) is 43.0 Å². The second kappa shape index (κ2) is 7.51. The van der Waals surface area contributed by atoms with E-state index in [1.165, 1.54) is 32.1 Å². The summed E-state index contributed by atoms with van der Waals surface area (Å²) in [5, 5.41) is 7.94. The number of benzene rings is 2. The number of hydrogen-bond donors (Lipinski definition) is 2. The lowest BCUT2D eigenvalue weighted by Gasteiger charge is -2.22. The number of aromatic nitrogens is 2. The molecule has 128 valence electrons. The van der Waals surface area contributed by atoms with Crippen LogP contribution < -0.4 is 10.6 Å². The van der Waals surface area contributed by atoms with Gasteiger partial charge >= 0.3 is 0 Å². The molecule has 1 aliphatic carbocycles. The predicted octanol–water partition coefficient (Wildman–Crippen LogP) is 5.37. The van der Waals surface area contributed by atoms with E-state index in [1.54, 1.807) is 0 Å². The van der Waals surface area contributed by atoms with Crippen LogP contribution in [0.1, 0.15) is 32.1 Å². The van der Waals surface area contributed by atoms with Crippen LogP contribution in [0.15, 0.2) is 54.6 Å². The Balaban J connectivity index is 1.59. The molecule has 1 aromatic heterocycles. The lowest BCUT2D eigenvalue weighted by Crippen LogP contribution is -2.18. The molecule has 2 aromatic carbocycles. The Kier molecular flexibility index (Phi) is 4.77. The first kappa shape index (κ1) is 15.9. The molecular weight excluding hydrogens is 308 g/mol. The molecule has 0 aliphatic heterocycles. The zero-order valence-corrected chi connectivity index (χ0v) is 14.4. The fraction of sp³-hybridized carbons (Fsp3) is 0.333. The van der Waals surface area contributed by atoms with Gasteiger partial charge in [-0.15, -0.1) is 0 Å². The number of anilines is 3. The molecule has 0 spiro atoms. The molecule has 1 fully saturated rings. The van der Waals surface area contributed by atoms with Gasteiger partial charge in [0.15, 0.2) is 0 Å². The van der Waals surface area contributed by atoms with Crippen molar-refractivity contribution >= 4 is 28.4 Å². The van der Waals surface area contributed by atoms with Crippen molar-refractivity contribution in [1.29, 1.82) is 0 Å². The van der Waals surface area contributed by atoms with E-state index in [0.717, 1.165) is 34.9 Å². The van der Waals surface area contributed by atoms with Gasteiger partial charge in [0.1, 0.15) is 5.82 Å². The zero-order chi connectivity index (χ0) is 16.9. The molecule has 0 unspecified atom stereocenters. The Bertz CT molecular complexity index is 826. The number of nitrogens with zero attached hydrogens (tertiary/aromatic N) is 2. The maximum atomic E-state index is 4.75. The topological polar surface area (TPSA) is 49.8 Å².